The van der Waals surface area contributed by atoms with E-state index in [9.17, 15) is 0 Å². The van der Waals surface area contributed by atoms with Gasteiger partial charge in [-0.25, -0.2) is 4.98 Å². The Morgan fingerprint density at radius 1 is 1.03 bits per heavy atom. The molecule has 30 heavy (non-hydrogen) atoms. The summed E-state index contributed by atoms with van der Waals surface area (Å²) in [5.74, 6) is 3.14. The highest BCUT2D eigenvalue weighted by Gasteiger charge is 2.14. The Morgan fingerprint density at radius 3 is 2.63 bits per heavy atom. The number of thiazole rings is 1. The molecule has 154 valence electrons. The van der Waals surface area contributed by atoms with Crippen LogP contribution in [0.4, 0.5) is 0 Å². The van der Waals surface area contributed by atoms with E-state index in [0.717, 1.165) is 51.0 Å². The number of ether oxygens (including phenoxy) is 2. The molecule has 0 atom stereocenters. The molecule has 0 aliphatic rings. The van der Waals surface area contributed by atoms with Crippen LogP contribution in [0.15, 0.2) is 59.1 Å². The second-order valence-electron chi connectivity index (χ2n) is 6.60. The molecule has 2 aromatic carbocycles. The quantitative estimate of drug-likeness (QED) is 0.358. The van der Waals surface area contributed by atoms with Crippen molar-refractivity contribution in [3.05, 3.63) is 71.0 Å². The molecule has 0 amide bonds. The van der Waals surface area contributed by atoms with Crippen molar-refractivity contribution in [3.63, 3.8) is 0 Å². The molecular formula is C22H22N4O2S2. The maximum absolute atomic E-state index is 5.52. The van der Waals surface area contributed by atoms with Gasteiger partial charge < -0.3 is 14.0 Å². The van der Waals surface area contributed by atoms with Crippen LogP contribution in [-0.4, -0.2) is 34.0 Å². The first-order valence-electron chi connectivity index (χ1n) is 9.41. The molecule has 0 aliphatic carbocycles. The van der Waals surface area contributed by atoms with Crippen LogP contribution in [0, 0.1) is 6.92 Å². The Hall–Kier alpha value is -2.84. The molecule has 0 N–H and O–H groups in total. The number of rotatable bonds is 8. The molecular weight excluding hydrogens is 416 g/mol. The third-order valence-electron chi connectivity index (χ3n) is 4.63. The first-order valence-corrected chi connectivity index (χ1v) is 11.3. The van der Waals surface area contributed by atoms with E-state index in [-0.39, 0.29) is 0 Å². The Labute approximate surface area is 183 Å². The van der Waals surface area contributed by atoms with Crippen LogP contribution in [0.1, 0.15) is 17.1 Å². The zero-order valence-electron chi connectivity index (χ0n) is 17.0. The third-order valence-corrected chi connectivity index (χ3v) is 6.55. The molecule has 0 bridgehead atoms. The molecule has 0 unspecified atom stereocenters. The highest BCUT2D eigenvalue weighted by molar-refractivity contribution is 7.98. The maximum Gasteiger partial charge on any atom is 0.191 e. The Balaban J connectivity index is 1.48. The van der Waals surface area contributed by atoms with E-state index >= 15 is 0 Å². The van der Waals surface area contributed by atoms with Gasteiger partial charge in [0, 0.05) is 17.2 Å². The van der Waals surface area contributed by atoms with Gasteiger partial charge in [-0.05, 0) is 24.6 Å². The summed E-state index contributed by atoms with van der Waals surface area (Å²) < 4.78 is 12.9. The van der Waals surface area contributed by atoms with Crippen molar-refractivity contribution in [3.8, 4) is 22.1 Å². The van der Waals surface area contributed by atoms with Crippen molar-refractivity contribution in [2.45, 2.75) is 24.4 Å². The monoisotopic (exact) mass is 438 g/mol. The lowest BCUT2D eigenvalue weighted by Crippen LogP contribution is -2.03. The van der Waals surface area contributed by atoms with Crippen LogP contribution in [-0.2, 0) is 12.3 Å². The summed E-state index contributed by atoms with van der Waals surface area (Å²) in [6, 6.07) is 16.1. The average Bonchev–Trinajstić information content (AvgIpc) is 3.39. The van der Waals surface area contributed by atoms with E-state index in [1.165, 1.54) is 5.56 Å². The molecule has 0 spiro atoms. The minimum absolute atomic E-state index is 0.724. The molecule has 0 radical (unpaired) electrons. The third kappa shape index (κ3) is 4.49. The highest BCUT2D eigenvalue weighted by Crippen LogP contribution is 2.35. The van der Waals surface area contributed by atoms with Gasteiger partial charge in [-0.3, -0.25) is 0 Å². The molecule has 8 heteroatoms. The second kappa shape index (κ2) is 9.32. The number of hydrogen-bond acceptors (Lipinski definition) is 7. The lowest BCUT2D eigenvalue weighted by molar-refractivity contribution is 0.395. The van der Waals surface area contributed by atoms with Gasteiger partial charge in [0.25, 0.3) is 0 Å². The molecule has 6 nitrogen and oxygen atoms in total. The zero-order valence-corrected chi connectivity index (χ0v) is 18.7. The number of benzene rings is 2. The van der Waals surface area contributed by atoms with Crippen molar-refractivity contribution >= 4 is 23.1 Å². The summed E-state index contributed by atoms with van der Waals surface area (Å²) >= 11 is 3.25. The first kappa shape index (κ1) is 20.4. The smallest absolute Gasteiger partial charge is 0.191 e. The Bertz CT molecular complexity index is 1130. The van der Waals surface area contributed by atoms with E-state index in [4.69, 9.17) is 14.5 Å². The Morgan fingerprint density at radius 2 is 1.87 bits per heavy atom. The fourth-order valence-electron chi connectivity index (χ4n) is 3.03. The van der Waals surface area contributed by atoms with Gasteiger partial charge >= 0.3 is 0 Å². The number of nitrogens with zero attached hydrogens (tertiary/aromatic N) is 4. The van der Waals surface area contributed by atoms with Crippen LogP contribution >= 0.6 is 23.1 Å². The standard InChI is InChI=1S/C22H22N4O2S2/c1-15-24-25-22(26(15)12-16-7-5-4-6-8-16)30-14-17-13-29-21(23-17)19-10-9-18(27-2)11-20(19)28-3/h4-11,13H,12,14H2,1-3H3. The Kier molecular flexibility index (Phi) is 6.35. The number of aromatic nitrogens is 4. The lowest BCUT2D eigenvalue weighted by atomic mass is 10.2. The van der Waals surface area contributed by atoms with Crippen molar-refractivity contribution in [1.82, 2.24) is 19.7 Å². The topological polar surface area (TPSA) is 62.1 Å². The van der Waals surface area contributed by atoms with Crippen LogP contribution in [0.2, 0.25) is 0 Å². The van der Waals surface area contributed by atoms with Crippen LogP contribution < -0.4 is 9.47 Å². The van der Waals surface area contributed by atoms with Crippen molar-refractivity contribution in [1.29, 1.82) is 0 Å². The maximum atomic E-state index is 5.52. The lowest BCUT2D eigenvalue weighted by Gasteiger charge is -2.08. The minimum atomic E-state index is 0.724. The fourth-order valence-corrected chi connectivity index (χ4v) is 4.86. The summed E-state index contributed by atoms with van der Waals surface area (Å²) in [6.07, 6.45) is 0. The molecule has 0 saturated carbocycles. The van der Waals surface area contributed by atoms with Crippen molar-refractivity contribution < 1.29 is 9.47 Å². The number of thioether (sulfide) groups is 1. The van der Waals surface area contributed by atoms with Crippen LogP contribution in [0.3, 0.4) is 0 Å². The minimum Gasteiger partial charge on any atom is -0.497 e. The van der Waals surface area contributed by atoms with Crippen molar-refractivity contribution in [2.75, 3.05) is 14.2 Å². The average molecular weight is 439 g/mol. The van der Waals surface area contributed by atoms with Gasteiger partial charge in [-0.1, -0.05) is 42.1 Å². The number of methoxy groups -OCH3 is 2. The fraction of sp³-hybridized carbons (Fsp3) is 0.227. The SMILES string of the molecule is COc1ccc(-c2nc(CSc3nnc(C)n3Cc3ccccc3)cs2)c(OC)c1. The van der Waals surface area contributed by atoms with Crippen LogP contribution in [0.5, 0.6) is 11.5 Å². The van der Waals surface area contributed by atoms with Gasteiger partial charge in [0.2, 0.25) is 0 Å². The molecule has 0 fully saturated rings. The molecule has 4 aromatic rings. The predicted molar refractivity (Wildman–Crippen MR) is 121 cm³/mol. The van der Waals surface area contributed by atoms with Crippen LogP contribution in [0.25, 0.3) is 10.6 Å². The van der Waals surface area contributed by atoms with E-state index in [0.29, 0.717) is 0 Å². The van der Waals surface area contributed by atoms with Gasteiger partial charge in [-0.15, -0.1) is 21.5 Å². The molecule has 0 aliphatic heterocycles. The van der Waals surface area contributed by atoms with Gasteiger partial charge in [0.1, 0.15) is 22.3 Å². The first-order chi connectivity index (χ1) is 14.7. The molecule has 0 saturated heterocycles. The predicted octanol–water partition coefficient (Wildman–Crippen LogP) is 5.07. The number of hydrogen-bond donors (Lipinski definition) is 0. The van der Waals surface area contributed by atoms with E-state index in [1.807, 2.05) is 43.3 Å². The van der Waals surface area contributed by atoms with Gasteiger partial charge in [0.15, 0.2) is 5.16 Å². The van der Waals surface area contributed by atoms with E-state index in [1.54, 1.807) is 37.3 Å². The highest BCUT2D eigenvalue weighted by atomic mass is 32.2. The molecule has 4 rings (SSSR count). The zero-order chi connectivity index (χ0) is 20.9. The normalized spacial score (nSPS) is 10.9. The van der Waals surface area contributed by atoms with E-state index in [2.05, 4.69) is 32.3 Å². The molecule has 2 aromatic heterocycles. The van der Waals surface area contributed by atoms with Gasteiger partial charge in [0.05, 0.1) is 32.0 Å². The summed E-state index contributed by atoms with van der Waals surface area (Å²) in [6.45, 7) is 2.74. The summed E-state index contributed by atoms with van der Waals surface area (Å²) in [7, 11) is 3.30. The second-order valence-corrected chi connectivity index (χ2v) is 8.40. The number of aryl methyl sites for hydroxylation is 1. The van der Waals surface area contributed by atoms with E-state index < -0.39 is 0 Å². The molecule has 2 heterocycles. The summed E-state index contributed by atoms with van der Waals surface area (Å²) in [5.41, 5.74) is 3.19. The van der Waals surface area contributed by atoms with Gasteiger partial charge in [-0.2, -0.15) is 0 Å². The summed E-state index contributed by atoms with van der Waals surface area (Å²) in [4.78, 5) is 4.80. The van der Waals surface area contributed by atoms with Crippen molar-refractivity contribution in [2.24, 2.45) is 0 Å². The summed E-state index contributed by atoms with van der Waals surface area (Å²) in [5, 5.41) is 12.5. The largest absolute Gasteiger partial charge is 0.497 e.